The molecule has 1 rings (SSSR count). The molecule has 3 heteroatoms. The summed E-state index contributed by atoms with van der Waals surface area (Å²) < 4.78 is 1.28. The Morgan fingerprint density at radius 2 is 1.92 bits per heavy atom. The third kappa shape index (κ3) is 3.74. The van der Waals surface area contributed by atoms with E-state index in [0.29, 0.717) is 5.75 Å². The van der Waals surface area contributed by atoms with Gasteiger partial charge in [-0.05, 0) is 31.0 Å². The second kappa shape index (κ2) is 6.03. The number of aromatic hydroxyl groups is 1. The number of hydrogen-bond donors (Lipinski definition) is 2. The van der Waals surface area contributed by atoms with Crippen molar-refractivity contribution in [2.45, 2.75) is 13.8 Å². The number of hydrogen-bond acceptors (Lipinski definition) is 2. The number of rotatable bonds is 0. The van der Waals surface area contributed by atoms with Gasteiger partial charge in [-0.3, -0.25) is 0 Å². The lowest BCUT2D eigenvalue weighted by Gasteiger charge is -1.99. The summed E-state index contributed by atoms with van der Waals surface area (Å²) in [7, 11) is 0. The van der Waals surface area contributed by atoms with Gasteiger partial charge in [0.05, 0.1) is 0 Å². The maximum Gasteiger partial charge on any atom is 0.118 e. The minimum absolute atomic E-state index is 0.384. The van der Waals surface area contributed by atoms with Crippen LogP contribution in [-0.4, -0.2) is 9.81 Å². The van der Waals surface area contributed by atoms with Gasteiger partial charge in [-0.15, -0.1) is 12.6 Å². The second-order valence-electron chi connectivity index (χ2n) is 2.32. The minimum Gasteiger partial charge on any atom is -0.508 e. The molecule has 0 saturated carbocycles. The molecule has 0 aliphatic rings. The average molecular weight is 200 g/mol. The number of thiocarbonyl (C=S) groups is 1. The molecular weight excluding hydrogens is 188 g/mol. The molecule has 0 amide bonds. The Balaban J connectivity index is 0.000000354. The predicted octanol–water partition coefficient (Wildman–Crippen LogP) is 2.88. The van der Waals surface area contributed by atoms with Crippen molar-refractivity contribution in [3.63, 3.8) is 0 Å². The summed E-state index contributed by atoms with van der Waals surface area (Å²) in [6.45, 7) is 3.89. The monoisotopic (exact) mass is 200 g/mol. The lowest BCUT2D eigenvalue weighted by Crippen LogP contribution is -1.78. The van der Waals surface area contributed by atoms with Gasteiger partial charge in [-0.25, -0.2) is 0 Å². The van der Waals surface area contributed by atoms with E-state index in [4.69, 9.17) is 5.11 Å². The van der Waals surface area contributed by atoms with Crippen molar-refractivity contribution in [1.82, 2.24) is 0 Å². The highest BCUT2D eigenvalue weighted by atomic mass is 32.1. The van der Waals surface area contributed by atoms with E-state index < -0.39 is 0 Å². The molecule has 66 valence electrons. The Morgan fingerprint density at radius 3 is 2.25 bits per heavy atom. The smallest absolute Gasteiger partial charge is 0.118 e. The average Bonchev–Trinajstić information content (AvgIpc) is 2.02. The van der Waals surface area contributed by atoms with Gasteiger partial charge < -0.3 is 5.11 Å². The molecule has 0 spiro atoms. The fraction of sp³-hybridized carbons (Fsp3) is 0.222. The van der Waals surface area contributed by atoms with Crippen molar-refractivity contribution in [3.05, 3.63) is 29.3 Å². The van der Waals surface area contributed by atoms with E-state index in [1.54, 1.807) is 6.07 Å². The lowest BCUT2D eigenvalue weighted by molar-refractivity contribution is 0.470. The summed E-state index contributed by atoms with van der Waals surface area (Å²) in [6.07, 6.45) is 0. The fourth-order valence-corrected chi connectivity index (χ4v) is 0.736. The first kappa shape index (κ1) is 11.5. The molecule has 1 nitrogen and oxygen atoms in total. The van der Waals surface area contributed by atoms with Crippen molar-refractivity contribution in [1.29, 1.82) is 0 Å². The first-order valence-electron chi connectivity index (χ1n) is 3.46. The fourth-order valence-electron chi connectivity index (χ4n) is 0.736. The van der Waals surface area contributed by atoms with E-state index in [2.05, 4.69) is 24.8 Å². The van der Waals surface area contributed by atoms with Gasteiger partial charge >= 0.3 is 0 Å². The maximum atomic E-state index is 9.10. The van der Waals surface area contributed by atoms with E-state index >= 15 is 0 Å². The van der Waals surface area contributed by atoms with Crippen LogP contribution >= 0.6 is 24.8 Å². The van der Waals surface area contributed by atoms with Crippen LogP contribution in [0.3, 0.4) is 0 Å². The SMILES string of the molecule is Cc1cccc(O)c1C.S=CS. The topological polar surface area (TPSA) is 20.2 Å². The molecule has 1 aromatic carbocycles. The third-order valence-electron chi connectivity index (χ3n) is 1.58. The Labute approximate surface area is 83.8 Å². The van der Waals surface area contributed by atoms with E-state index in [1.807, 2.05) is 26.0 Å². The minimum atomic E-state index is 0.384. The molecule has 0 heterocycles. The van der Waals surface area contributed by atoms with E-state index in [9.17, 15) is 0 Å². The highest BCUT2D eigenvalue weighted by molar-refractivity contribution is 8.08. The van der Waals surface area contributed by atoms with Crippen molar-refractivity contribution < 1.29 is 5.11 Å². The zero-order valence-electron chi connectivity index (χ0n) is 7.11. The summed E-state index contributed by atoms with van der Waals surface area (Å²) in [5.74, 6) is 0.384. The van der Waals surface area contributed by atoms with Gasteiger partial charge in [0, 0.05) is 4.70 Å². The molecule has 1 N–H and O–H groups in total. The molecule has 0 unspecified atom stereocenters. The van der Waals surface area contributed by atoms with Gasteiger partial charge in [0.15, 0.2) is 0 Å². The van der Waals surface area contributed by atoms with Crippen LogP contribution in [0, 0.1) is 13.8 Å². The first-order valence-corrected chi connectivity index (χ1v) is 4.45. The van der Waals surface area contributed by atoms with E-state index in [1.165, 1.54) is 4.70 Å². The van der Waals surface area contributed by atoms with Crippen LogP contribution < -0.4 is 0 Å². The van der Waals surface area contributed by atoms with Gasteiger partial charge in [0.2, 0.25) is 0 Å². The van der Waals surface area contributed by atoms with Gasteiger partial charge in [-0.2, -0.15) is 0 Å². The summed E-state index contributed by atoms with van der Waals surface area (Å²) in [5.41, 5.74) is 2.10. The van der Waals surface area contributed by atoms with Crippen molar-refractivity contribution in [3.8, 4) is 5.75 Å². The Bertz CT molecular complexity index is 238. The van der Waals surface area contributed by atoms with Crippen LogP contribution in [0.15, 0.2) is 18.2 Å². The molecule has 0 saturated heterocycles. The lowest BCUT2D eigenvalue weighted by atomic mass is 10.1. The standard InChI is InChI=1S/C8H10O.CH2S2/c1-6-4-3-5-8(9)7(6)2;2-1-3/h3-5,9H,1-2H3;1H,(H,2,3). The number of phenolic OH excluding ortho intramolecular Hbond substituents is 1. The second-order valence-corrected chi connectivity index (χ2v) is 3.17. The van der Waals surface area contributed by atoms with Crippen molar-refractivity contribution >= 4 is 29.5 Å². The molecule has 0 bridgehead atoms. The Kier molecular flexibility index (Phi) is 5.76. The zero-order chi connectivity index (χ0) is 9.56. The molecule has 0 aromatic heterocycles. The molecule has 1 aromatic rings. The summed E-state index contributed by atoms with van der Waals surface area (Å²) in [6, 6.07) is 5.52. The number of thiol groups is 1. The molecule has 0 aliphatic heterocycles. The Morgan fingerprint density at radius 1 is 1.42 bits per heavy atom. The van der Waals surface area contributed by atoms with Crippen LogP contribution in [0.25, 0.3) is 0 Å². The maximum absolute atomic E-state index is 9.10. The van der Waals surface area contributed by atoms with Gasteiger partial charge in [-0.1, -0.05) is 24.4 Å². The van der Waals surface area contributed by atoms with Crippen LogP contribution in [0.4, 0.5) is 0 Å². The number of phenols is 1. The highest BCUT2D eigenvalue weighted by Crippen LogP contribution is 2.17. The van der Waals surface area contributed by atoms with Gasteiger partial charge in [0.25, 0.3) is 0 Å². The van der Waals surface area contributed by atoms with Crippen LogP contribution in [0.1, 0.15) is 11.1 Å². The number of benzene rings is 1. The molecule has 12 heavy (non-hydrogen) atoms. The summed E-state index contributed by atoms with van der Waals surface area (Å²) in [4.78, 5) is 0. The predicted molar refractivity (Wildman–Crippen MR) is 60.2 cm³/mol. The Hall–Kier alpha value is -0.540. The van der Waals surface area contributed by atoms with Crippen molar-refractivity contribution in [2.24, 2.45) is 0 Å². The molecule has 0 fully saturated rings. The normalized spacial score (nSPS) is 8.25. The molecule has 0 aliphatic carbocycles. The van der Waals surface area contributed by atoms with Crippen LogP contribution in [0.5, 0.6) is 5.75 Å². The first-order chi connectivity index (χ1) is 5.63. The third-order valence-corrected chi connectivity index (χ3v) is 1.58. The van der Waals surface area contributed by atoms with Gasteiger partial charge in [0.1, 0.15) is 5.75 Å². The van der Waals surface area contributed by atoms with E-state index in [0.717, 1.165) is 11.1 Å². The summed E-state index contributed by atoms with van der Waals surface area (Å²) in [5, 5.41) is 9.10. The quantitative estimate of drug-likeness (QED) is 0.496. The molecular formula is C9H12OS2. The van der Waals surface area contributed by atoms with E-state index in [-0.39, 0.29) is 0 Å². The zero-order valence-corrected chi connectivity index (χ0v) is 8.82. The van der Waals surface area contributed by atoms with Crippen molar-refractivity contribution in [2.75, 3.05) is 0 Å². The highest BCUT2D eigenvalue weighted by Gasteiger charge is 1.94. The number of aryl methyl sites for hydroxylation is 1. The molecule has 0 radical (unpaired) electrons. The summed E-state index contributed by atoms with van der Waals surface area (Å²) >= 11 is 7.61. The molecule has 0 atom stereocenters. The van der Waals surface area contributed by atoms with Crippen LogP contribution in [-0.2, 0) is 0 Å². The van der Waals surface area contributed by atoms with Crippen LogP contribution in [0.2, 0.25) is 0 Å². The largest absolute Gasteiger partial charge is 0.508 e.